The highest BCUT2D eigenvalue weighted by Gasteiger charge is 2.55. The van der Waals surface area contributed by atoms with Crippen molar-refractivity contribution >= 4 is 34.8 Å². The number of imide groups is 1. The smallest absolute Gasteiger partial charge is 0.263 e. The summed E-state index contributed by atoms with van der Waals surface area (Å²) in [5, 5.41) is 10.0. The van der Waals surface area contributed by atoms with Gasteiger partial charge in [-0.3, -0.25) is 9.59 Å². The van der Waals surface area contributed by atoms with Crippen LogP contribution in [0.1, 0.15) is 12.5 Å². The third kappa shape index (κ3) is 2.49. The van der Waals surface area contributed by atoms with E-state index in [4.69, 9.17) is 11.6 Å². The standard InChI is InChI=1S/C18H15ClN4O2/c1-2-11-6-8-13(9-7-11)22-17(24)15-16(18(22)25)23(21-20-15)14-5-3-4-12(19)10-14/h3-10,15-16H,2H2,1H3/t15-,16-/m0/s1. The Kier molecular flexibility index (Phi) is 3.77. The van der Waals surface area contributed by atoms with Gasteiger partial charge in [0, 0.05) is 5.02 Å². The predicted octanol–water partition coefficient (Wildman–Crippen LogP) is 3.40. The first kappa shape index (κ1) is 15.8. The van der Waals surface area contributed by atoms with E-state index in [-0.39, 0.29) is 11.8 Å². The topological polar surface area (TPSA) is 65.3 Å². The van der Waals surface area contributed by atoms with E-state index >= 15 is 0 Å². The number of halogens is 1. The number of aryl methyl sites for hydroxylation is 1. The lowest BCUT2D eigenvalue weighted by molar-refractivity contribution is -0.121. The molecule has 25 heavy (non-hydrogen) atoms. The number of hydrogen-bond acceptors (Lipinski definition) is 5. The van der Waals surface area contributed by atoms with Crippen molar-refractivity contribution in [1.29, 1.82) is 0 Å². The molecule has 0 saturated carbocycles. The molecular formula is C18H15ClN4O2. The highest BCUT2D eigenvalue weighted by Crippen LogP contribution is 2.35. The molecule has 0 aromatic heterocycles. The van der Waals surface area contributed by atoms with Gasteiger partial charge in [-0.05, 0) is 42.3 Å². The maximum Gasteiger partial charge on any atom is 0.263 e. The van der Waals surface area contributed by atoms with Crippen LogP contribution in [0.4, 0.5) is 11.4 Å². The summed E-state index contributed by atoms with van der Waals surface area (Å²) in [4.78, 5) is 26.8. The number of rotatable bonds is 3. The van der Waals surface area contributed by atoms with Gasteiger partial charge in [-0.1, -0.05) is 41.9 Å². The third-order valence-electron chi connectivity index (χ3n) is 4.46. The Balaban J connectivity index is 1.68. The molecule has 0 spiro atoms. The van der Waals surface area contributed by atoms with Crippen molar-refractivity contribution in [2.24, 2.45) is 10.3 Å². The summed E-state index contributed by atoms with van der Waals surface area (Å²) in [5.41, 5.74) is 2.33. The molecule has 4 rings (SSSR count). The van der Waals surface area contributed by atoms with Crippen LogP contribution in [0, 0.1) is 0 Å². The Hall–Kier alpha value is -2.73. The predicted molar refractivity (Wildman–Crippen MR) is 94.7 cm³/mol. The second-order valence-corrected chi connectivity index (χ2v) is 6.39. The largest absolute Gasteiger partial charge is 0.271 e. The molecule has 2 aliphatic heterocycles. The normalized spacial score (nSPS) is 22.0. The first-order chi connectivity index (χ1) is 12.1. The number of benzene rings is 2. The Bertz CT molecular complexity index is 881. The first-order valence-electron chi connectivity index (χ1n) is 8.02. The van der Waals surface area contributed by atoms with Gasteiger partial charge in [-0.15, -0.1) is 0 Å². The molecule has 0 unspecified atom stereocenters. The third-order valence-corrected chi connectivity index (χ3v) is 4.69. The zero-order chi connectivity index (χ0) is 17.6. The second kappa shape index (κ2) is 5.97. The summed E-state index contributed by atoms with van der Waals surface area (Å²) in [6, 6.07) is 12.8. The maximum atomic E-state index is 12.9. The zero-order valence-corrected chi connectivity index (χ0v) is 14.2. The van der Waals surface area contributed by atoms with Crippen molar-refractivity contribution in [3.05, 3.63) is 59.1 Å². The van der Waals surface area contributed by atoms with Crippen LogP contribution in [0.25, 0.3) is 0 Å². The van der Waals surface area contributed by atoms with Gasteiger partial charge in [-0.25, -0.2) is 9.91 Å². The molecule has 2 aromatic carbocycles. The van der Waals surface area contributed by atoms with Crippen molar-refractivity contribution in [2.75, 3.05) is 9.91 Å². The van der Waals surface area contributed by atoms with E-state index in [1.54, 1.807) is 36.4 Å². The molecule has 2 amide bonds. The van der Waals surface area contributed by atoms with Gasteiger partial charge in [-0.2, -0.15) is 5.11 Å². The van der Waals surface area contributed by atoms with Gasteiger partial charge in [0.25, 0.3) is 11.8 Å². The second-order valence-electron chi connectivity index (χ2n) is 5.95. The molecule has 2 aliphatic rings. The lowest BCUT2D eigenvalue weighted by Crippen LogP contribution is -2.39. The van der Waals surface area contributed by atoms with Crippen LogP contribution >= 0.6 is 11.6 Å². The molecule has 126 valence electrons. The summed E-state index contributed by atoms with van der Waals surface area (Å²) in [7, 11) is 0. The van der Waals surface area contributed by atoms with Crippen LogP contribution in [0.15, 0.2) is 58.9 Å². The minimum Gasteiger partial charge on any atom is -0.271 e. The Morgan fingerprint density at radius 2 is 1.80 bits per heavy atom. The zero-order valence-electron chi connectivity index (χ0n) is 13.5. The van der Waals surface area contributed by atoms with Gasteiger partial charge >= 0.3 is 0 Å². The van der Waals surface area contributed by atoms with Gasteiger partial charge < -0.3 is 0 Å². The minimum atomic E-state index is -0.822. The summed E-state index contributed by atoms with van der Waals surface area (Å²) in [6.07, 6.45) is 0.893. The van der Waals surface area contributed by atoms with E-state index in [9.17, 15) is 9.59 Å². The highest BCUT2D eigenvalue weighted by molar-refractivity contribution is 6.31. The molecule has 2 heterocycles. The van der Waals surface area contributed by atoms with Crippen molar-refractivity contribution in [1.82, 2.24) is 0 Å². The summed E-state index contributed by atoms with van der Waals surface area (Å²) in [5.74, 6) is -0.684. The maximum absolute atomic E-state index is 12.9. The molecule has 1 saturated heterocycles. The quantitative estimate of drug-likeness (QED) is 0.793. The van der Waals surface area contributed by atoms with E-state index in [0.717, 1.165) is 12.0 Å². The minimum absolute atomic E-state index is 0.329. The fourth-order valence-electron chi connectivity index (χ4n) is 3.13. The highest BCUT2D eigenvalue weighted by atomic mass is 35.5. The molecule has 1 fully saturated rings. The fraction of sp³-hybridized carbons (Fsp3) is 0.222. The van der Waals surface area contributed by atoms with Gasteiger partial charge in [0.05, 0.1) is 11.4 Å². The van der Waals surface area contributed by atoms with E-state index in [1.807, 2.05) is 12.1 Å². The van der Waals surface area contributed by atoms with Gasteiger partial charge in [0.2, 0.25) is 0 Å². The van der Waals surface area contributed by atoms with Gasteiger partial charge in [0.15, 0.2) is 12.1 Å². The van der Waals surface area contributed by atoms with Crippen molar-refractivity contribution in [2.45, 2.75) is 25.4 Å². The number of hydrogen-bond donors (Lipinski definition) is 0. The van der Waals surface area contributed by atoms with Crippen LogP contribution in [-0.4, -0.2) is 23.9 Å². The van der Waals surface area contributed by atoms with Crippen LogP contribution in [0.3, 0.4) is 0 Å². The molecule has 0 radical (unpaired) electrons. The Morgan fingerprint density at radius 3 is 2.48 bits per heavy atom. The monoisotopic (exact) mass is 354 g/mol. The molecule has 0 aliphatic carbocycles. The van der Waals surface area contributed by atoms with Crippen LogP contribution in [0.5, 0.6) is 0 Å². The van der Waals surface area contributed by atoms with Crippen molar-refractivity contribution in [3.8, 4) is 0 Å². The van der Waals surface area contributed by atoms with E-state index in [1.165, 1.54) is 9.91 Å². The number of nitrogens with zero attached hydrogens (tertiary/aromatic N) is 4. The van der Waals surface area contributed by atoms with Crippen LogP contribution in [0.2, 0.25) is 5.02 Å². The summed E-state index contributed by atoms with van der Waals surface area (Å²) >= 11 is 6.02. The lowest BCUT2D eigenvalue weighted by atomic mass is 10.1. The molecule has 7 heteroatoms. The van der Waals surface area contributed by atoms with Crippen molar-refractivity contribution < 1.29 is 9.59 Å². The number of amides is 2. The summed E-state index contributed by atoms with van der Waals surface area (Å²) in [6.45, 7) is 2.05. The number of carbonyl (C=O) groups excluding carboxylic acids is 2. The Labute approximate surface area is 149 Å². The molecule has 2 aromatic rings. The molecule has 0 N–H and O–H groups in total. The van der Waals surface area contributed by atoms with Gasteiger partial charge in [0.1, 0.15) is 0 Å². The van der Waals surface area contributed by atoms with Crippen LogP contribution in [-0.2, 0) is 16.0 Å². The van der Waals surface area contributed by atoms with Crippen molar-refractivity contribution in [3.63, 3.8) is 0 Å². The summed E-state index contributed by atoms with van der Waals surface area (Å²) < 4.78 is 0. The molecule has 2 atom stereocenters. The number of anilines is 2. The first-order valence-corrected chi connectivity index (χ1v) is 8.40. The van der Waals surface area contributed by atoms with E-state index in [0.29, 0.717) is 16.4 Å². The van der Waals surface area contributed by atoms with Crippen LogP contribution < -0.4 is 9.91 Å². The Morgan fingerprint density at radius 1 is 1.04 bits per heavy atom. The molecule has 6 nitrogen and oxygen atoms in total. The SMILES string of the molecule is CCc1ccc(N2C(=O)[C@H]3N=NN(c4cccc(Cl)c4)[C@@H]3C2=O)cc1. The van der Waals surface area contributed by atoms with E-state index in [2.05, 4.69) is 17.3 Å². The fourth-order valence-corrected chi connectivity index (χ4v) is 3.31. The number of fused-ring (bicyclic) bond motifs is 1. The molecular weight excluding hydrogens is 340 g/mol. The molecule has 0 bridgehead atoms. The number of carbonyl (C=O) groups is 2. The lowest BCUT2D eigenvalue weighted by Gasteiger charge is -2.20. The average molecular weight is 355 g/mol. The average Bonchev–Trinajstić information content (AvgIpc) is 3.16. The van der Waals surface area contributed by atoms with E-state index < -0.39 is 12.1 Å².